The van der Waals surface area contributed by atoms with Crippen molar-refractivity contribution >= 4 is 11.7 Å². The third-order valence-electron chi connectivity index (χ3n) is 6.66. The molecule has 5 rings (SSSR count). The van der Waals surface area contributed by atoms with Crippen LogP contribution in [0.3, 0.4) is 0 Å². The number of aryl methyl sites for hydroxylation is 1. The predicted octanol–water partition coefficient (Wildman–Crippen LogP) is 2.11. The molecular formula is C25H27FN8O. The summed E-state index contributed by atoms with van der Waals surface area (Å²) in [5.74, 6) is 0.577. The molecule has 2 aliphatic rings. The van der Waals surface area contributed by atoms with Gasteiger partial charge in [0.25, 0.3) is 0 Å². The second kappa shape index (κ2) is 9.43. The second-order valence-electron chi connectivity index (χ2n) is 9.06. The number of fused-ring (bicyclic) bond motifs is 1. The van der Waals surface area contributed by atoms with Crippen LogP contribution >= 0.6 is 0 Å². The summed E-state index contributed by atoms with van der Waals surface area (Å²) in [6.07, 6.45) is 4.38. The molecule has 9 nitrogen and oxygen atoms in total. The Kier molecular flexibility index (Phi) is 6.17. The normalized spacial score (nSPS) is 16.2. The maximum absolute atomic E-state index is 14.3. The van der Waals surface area contributed by atoms with Gasteiger partial charge in [0.15, 0.2) is 5.82 Å². The van der Waals surface area contributed by atoms with Gasteiger partial charge in [-0.15, -0.1) is 0 Å². The largest absolute Gasteiger partial charge is 0.352 e. The third-order valence-corrected chi connectivity index (χ3v) is 6.66. The number of halogens is 1. The Morgan fingerprint density at radius 1 is 1.14 bits per heavy atom. The van der Waals surface area contributed by atoms with Crippen LogP contribution in [0.5, 0.6) is 0 Å². The number of piperazine rings is 1. The molecule has 10 heteroatoms. The van der Waals surface area contributed by atoms with E-state index in [1.807, 2.05) is 13.2 Å². The Hall–Kier alpha value is -3.84. The highest BCUT2D eigenvalue weighted by Crippen LogP contribution is 2.31. The number of nitriles is 1. The summed E-state index contributed by atoms with van der Waals surface area (Å²) >= 11 is 0. The van der Waals surface area contributed by atoms with E-state index >= 15 is 0 Å². The average Bonchev–Trinajstić information content (AvgIpc) is 3.30. The van der Waals surface area contributed by atoms with Crippen LogP contribution in [0.15, 0.2) is 30.6 Å². The molecule has 0 unspecified atom stereocenters. The molecule has 0 radical (unpaired) electrons. The van der Waals surface area contributed by atoms with Crippen molar-refractivity contribution in [3.63, 3.8) is 0 Å². The number of anilines is 1. The number of hydrogen-bond donors (Lipinski definition) is 0. The van der Waals surface area contributed by atoms with E-state index in [0.717, 1.165) is 54.6 Å². The monoisotopic (exact) mass is 474 g/mol. The Morgan fingerprint density at radius 3 is 2.63 bits per heavy atom. The van der Waals surface area contributed by atoms with Gasteiger partial charge >= 0.3 is 0 Å². The van der Waals surface area contributed by atoms with Gasteiger partial charge < -0.3 is 9.80 Å². The van der Waals surface area contributed by atoms with Crippen molar-refractivity contribution in [1.29, 1.82) is 5.26 Å². The molecule has 2 aliphatic heterocycles. The van der Waals surface area contributed by atoms with Crippen molar-refractivity contribution in [3.05, 3.63) is 58.9 Å². The van der Waals surface area contributed by atoms with Gasteiger partial charge in [-0.3, -0.25) is 14.4 Å². The highest BCUT2D eigenvalue weighted by atomic mass is 19.1. The maximum Gasteiger partial charge on any atom is 0.219 e. The van der Waals surface area contributed by atoms with Crippen molar-refractivity contribution in [2.75, 3.05) is 37.6 Å². The fourth-order valence-electron chi connectivity index (χ4n) is 4.67. The first-order chi connectivity index (χ1) is 16.9. The molecule has 0 atom stereocenters. The quantitative estimate of drug-likeness (QED) is 0.572. The van der Waals surface area contributed by atoms with Crippen molar-refractivity contribution < 1.29 is 9.18 Å². The van der Waals surface area contributed by atoms with Crippen molar-refractivity contribution in [2.45, 2.75) is 26.4 Å². The molecule has 35 heavy (non-hydrogen) atoms. The standard InChI is InChI=1S/C25H27FN8O/c1-17(35)34-6-5-22-23(16-34)29-24(20-13-28-31(2)14-20)25(30-22)33-9-7-32(8-10-33)15-19-11-18(12-27)3-4-21(19)26/h3-4,11,13-14H,5-10,15-16H2,1-2H3. The summed E-state index contributed by atoms with van der Waals surface area (Å²) < 4.78 is 16.0. The Labute approximate surface area is 203 Å². The molecule has 2 aromatic heterocycles. The van der Waals surface area contributed by atoms with Crippen LogP contribution in [0.2, 0.25) is 0 Å². The van der Waals surface area contributed by atoms with E-state index < -0.39 is 0 Å². The molecule has 0 aliphatic carbocycles. The van der Waals surface area contributed by atoms with Gasteiger partial charge in [-0.05, 0) is 18.2 Å². The molecule has 0 saturated carbocycles. The molecule has 0 bridgehead atoms. The number of benzene rings is 1. The van der Waals surface area contributed by atoms with Gasteiger partial charge in [0.2, 0.25) is 5.91 Å². The first-order valence-electron chi connectivity index (χ1n) is 11.7. The lowest BCUT2D eigenvalue weighted by atomic mass is 10.1. The van der Waals surface area contributed by atoms with Crippen LogP contribution in [-0.4, -0.2) is 68.2 Å². The minimum atomic E-state index is -0.287. The minimum Gasteiger partial charge on any atom is -0.352 e. The molecule has 4 heterocycles. The number of hydrogen-bond acceptors (Lipinski definition) is 7. The van der Waals surface area contributed by atoms with Gasteiger partial charge in [0.05, 0.1) is 35.8 Å². The van der Waals surface area contributed by atoms with Crippen LogP contribution in [-0.2, 0) is 31.4 Å². The Balaban J connectivity index is 1.38. The molecule has 1 saturated heterocycles. The molecule has 3 aromatic rings. The lowest BCUT2D eigenvalue weighted by Gasteiger charge is -2.37. The molecule has 1 fully saturated rings. The maximum atomic E-state index is 14.3. The summed E-state index contributed by atoms with van der Waals surface area (Å²) in [5, 5.41) is 13.5. The second-order valence-corrected chi connectivity index (χ2v) is 9.06. The van der Waals surface area contributed by atoms with Gasteiger partial charge in [-0.2, -0.15) is 10.4 Å². The summed E-state index contributed by atoms with van der Waals surface area (Å²) in [7, 11) is 1.87. The lowest BCUT2D eigenvalue weighted by Crippen LogP contribution is -2.47. The van der Waals surface area contributed by atoms with Gasteiger partial charge in [0, 0.05) is 77.0 Å². The van der Waals surface area contributed by atoms with Crippen LogP contribution in [0.1, 0.15) is 29.4 Å². The number of nitrogens with zero attached hydrogens (tertiary/aromatic N) is 8. The fourth-order valence-corrected chi connectivity index (χ4v) is 4.67. The fraction of sp³-hybridized carbons (Fsp3) is 0.400. The third kappa shape index (κ3) is 4.72. The Morgan fingerprint density at radius 2 is 1.94 bits per heavy atom. The van der Waals surface area contributed by atoms with Crippen LogP contribution in [0.4, 0.5) is 10.2 Å². The zero-order chi connectivity index (χ0) is 24.5. The number of carbonyl (C=O) groups excluding carboxylic acids is 1. The summed E-state index contributed by atoms with van der Waals surface area (Å²) in [6.45, 7) is 6.06. The predicted molar refractivity (Wildman–Crippen MR) is 128 cm³/mol. The molecule has 1 aromatic carbocycles. The number of rotatable bonds is 4. The lowest BCUT2D eigenvalue weighted by molar-refractivity contribution is -0.129. The highest BCUT2D eigenvalue weighted by molar-refractivity contribution is 5.74. The first-order valence-corrected chi connectivity index (χ1v) is 11.7. The van der Waals surface area contributed by atoms with E-state index in [4.69, 9.17) is 15.2 Å². The molecule has 180 valence electrons. The van der Waals surface area contributed by atoms with E-state index in [9.17, 15) is 9.18 Å². The summed E-state index contributed by atoms with van der Waals surface area (Å²) in [6, 6.07) is 6.57. The Bertz CT molecular complexity index is 1310. The van der Waals surface area contributed by atoms with E-state index in [0.29, 0.717) is 37.2 Å². The number of aromatic nitrogens is 4. The zero-order valence-corrected chi connectivity index (χ0v) is 19.9. The highest BCUT2D eigenvalue weighted by Gasteiger charge is 2.27. The SMILES string of the molecule is CC(=O)N1CCc2nc(N3CCN(Cc4cc(C#N)ccc4F)CC3)c(-c3cnn(C)c3)nc2C1. The van der Waals surface area contributed by atoms with Gasteiger partial charge in [0.1, 0.15) is 11.5 Å². The van der Waals surface area contributed by atoms with E-state index in [1.54, 1.807) is 28.8 Å². The van der Waals surface area contributed by atoms with E-state index in [2.05, 4.69) is 21.0 Å². The summed E-state index contributed by atoms with van der Waals surface area (Å²) in [4.78, 5) is 28.1. The molecule has 0 N–H and O–H groups in total. The number of amides is 1. The van der Waals surface area contributed by atoms with Gasteiger partial charge in [-0.25, -0.2) is 14.4 Å². The van der Waals surface area contributed by atoms with Gasteiger partial charge in [-0.1, -0.05) is 0 Å². The molecule has 0 spiro atoms. The minimum absolute atomic E-state index is 0.0392. The van der Waals surface area contributed by atoms with Crippen molar-refractivity contribution in [2.24, 2.45) is 7.05 Å². The van der Waals surface area contributed by atoms with Crippen molar-refractivity contribution in [1.82, 2.24) is 29.5 Å². The average molecular weight is 475 g/mol. The van der Waals surface area contributed by atoms with Crippen LogP contribution in [0.25, 0.3) is 11.3 Å². The topological polar surface area (TPSA) is 94.2 Å². The van der Waals surface area contributed by atoms with E-state index in [1.165, 1.54) is 12.1 Å². The zero-order valence-electron chi connectivity index (χ0n) is 19.9. The smallest absolute Gasteiger partial charge is 0.219 e. The van der Waals surface area contributed by atoms with Crippen LogP contribution < -0.4 is 4.90 Å². The first kappa shape index (κ1) is 22.9. The molecule has 1 amide bonds. The van der Waals surface area contributed by atoms with E-state index in [-0.39, 0.29) is 11.7 Å². The van der Waals surface area contributed by atoms with Crippen molar-refractivity contribution in [3.8, 4) is 17.3 Å². The summed E-state index contributed by atoms with van der Waals surface area (Å²) in [5.41, 5.74) is 4.42. The van der Waals surface area contributed by atoms with Crippen LogP contribution in [0, 0.1) is 17.1 Å². The molecular weight excluding hydrogens is 447 g/mol. The number of carbonyl (C=O) groups is 1.